The van der Waals surface area contributed by atoms with Crippen LogP contribution in [0.5, 0.6) is 0 Å². The Balaban J connectivity index is 1.49. The fourth-order valence-electron chi connectivity index (χ4n) is 3.71. The molecule has 0 amide bonds. The van der Waals surface area contributed by atoms with Gasteiger partial charge in [0, 0.05) is 11.1 Å². The maximum absolute atomic E-state index is 11.4. The molecule has 0 radical (unpaired) electrons. The van der Waals surface area contributed by atoms with Crippen molar-refractivity contribution in [3.8, 4) is 11.8 Å². The minimum absolute atomic E-state index is 0.174. The fourth-order valence-corrected chi connectivity index (χ4v) is 3.71. The Kier molecular flexibility index (Phi) is 5.70. The lowest BCUT2D eigenvalue weighted by Crippen LogP contribution is -2.11. The second kappa shape index (κ2) is 8.57. The van der Waals surface area contributed by atoms with Gasteiger partial charge in [0.15, 0.2) is 0 Å². The van der Waals surface area contributed by atoms with Crippen LogP contribution in [-0.4, -0.2) is 11.1 Å². The van der Waals surface area contributed by atoms with E-state index >= 15 is 0 Å². The maximum atomic E-state index is 11.4. The summed E-state index contributed by atoms with van der Waals surface area (Å²) in [6.07, 6.45) is 2.70. The molecule has 3 aromatic carbocycles. The largest absolute Gasteiger partial charge is 0.478 e. The molecule has 0 unspecified atom stereocenters. The first-order valence-corrected chi connectivity index (χ1v) is 10.3. The van der Waals surface area contributed by atoms with E-state index in [0.29, 0.717) is 18.6 Å². The number of carbonyl (C=O) groups is 1. The lowest BCUT2D eigenvalue weighted by atomic mass is 9.98. The van der Waals surface area contributed by atoms with E-state index in [-0.39, 0.29) is 5.60 Å². The van der Waals surface area contributed by atoms with Gasteiger partial charge >= 0.3 is 5.97 Å². The average molecular weight is 396 g/mol. The van der Waals surface area contributed by atoms with E-state index in [0.717, 1.165) is 29.5 Å². The highest BCUT2D eigenvalue weighted by Crippen LogP contribution is 2.49. The standard InChI is InChI=1S/C27H24O3/c1-2-24-22(9-6-10-25(24)26(28)29)14-11-20-12-15-23(16-13-20)27(17-18-27)30-19-21-7-4-3-5-8-21/h3-10,12-13,15-16H,2,17-19H2,1H3,(H,28,29). The minimum atomic E-state index is -0.912. The molecule has 0 aromatic heterocycles. The van der Waals surface area contributed by atoms with E-state index in [1.807, 2.05) is 43.3 Å². The van der Waals surface area contributed by atoms with Crippen molar-refractivity contribution in [1.82, 2.24) is 0 Å². The van der Waals surface area contributed by atoms with Gasteiger partial charge in [-0.3, -0.25) is 0 Å². The summed E-state index contributed by atoms with van der Waals surface area (Å²) in [7, 11) is 0. The molecule has 0 bridgehead atoms. The molecule has 1 N–H and O–H groups in total. The predicted octanol–water partition coefficient (Wildman–Crippen LogP) is 5.55. The molecule has 0 saturated heterocycles. The van der Waals surface area contributed by atoms with Gasteiger partial charge in [-0.25, -0.2) is 4.79 Å². The molecule has 150 valence electrons. The summed E-state index contributed by atoms with van der Waals surface area (Å²) in [4.78, 5) is 11.4. The molecule has 0 atom stereocenters. The molecule has 0 heterocycles. The maximum Gasteiger partial charge on any atom is 0.336 e. The van der Waals surface area contributed by atoms with E-state index in [4.69, 9.17) is 4.74 Å². The molecule has 3 heteroatoms. The zero-order valence-corrected chi connectivity index (χ0v) is 17.0. The molecule has 3 nitrogen and oxygen atoms in total. The molecule has 1 aliphatic carbocycles. The molecule has 4 rings (SSSR count). The zero-order chi connectivity index (χ0) is 21.0. The summed E-state index contributed by atoms with van der Waals surface area (Å²) in [5.41, 5.74) is 4.97. The number of hydrogen-bond donors (Lipinski definition) is 1. The van der Waals surface area contributed by atoms with Gasteiger partial charge in [0.05, 0.1) is 17.8 Å². The number of hydrogen-bond acceptors (Lipinski definition) is 2. The fraction of sp³-hybridized carbons (Fsp3) is 0.222. The predicted molar refractivity (Wildman–Crippen MR) is 117 cm³/mol. The smallest absolute Gasteiger partial charge is 0.336 e. The molecule has 0 aliphatic heterocycles. The summed E-state index contributed by atoms with van der Waals surface area (Å²) in [5.74, 6) is 5.41. The minimum Gasteiger partial charge on any atom is -0.478 e. The Bertz CT molecular complexity index is 1100. The highest BCUT2D eigenvalue weighted by atomic mass is 16.5. The van der Waals surface area contributed by atoms with Crippen molar-refractivity contribution in [3.63, 3.8) is 0 Å². The zero-order valence-electron chi connectivity index (χ0n) is 17.0. The van der Waals surface area contributed by atoms with Crippen molar-refractivity contribution in [1.29, 1.82) is 0 Å². The van der Waals surface area contributed by atoms with Crippen molar-refractivity contribution < 1.29 is 14.6 Å². The summed E-state index contributed by atoms with van der Waals surface area (Å²) < 4.78 is 6.26. The Morgan fingerprint density at radius 2 is 1.70 bits per heavy atom. The van der Waals surface area contributed by atoms with Crippen molar-refractivity contribution >= 4 is 5.97 Å². The van der Waals surface area contributed by atoms with Crippen LogP contribution in [0.25, 0.3) is 0 Å². The molecule has 1 fully saturated rings. The molecule has 0 spiro atoms. The summed E-state index contributed by atoms with van der Waals surface area (Å²) in [5, 5.41) is 9.38. The van der Waals surface area contributed by atoms with Gasteiger partial charge in [-0.15, -0.1) is 0 Å². The van der Waals surface area contributed by atoms with Crippen molar-refractivity contribution in [2.45, 2.75) is 38.4 Å². The first kappa shape index (κ1) is 19.9. The third-order valence-electron chi connectivity index (χ3n) is 5.57. The van der Waals surface area contributed by atoms with Gasteiger partial charge in [0.1, 0.15) is 0 Å². The monoisotopic (exact) mass is 396 g/mol. The topological polar surface area (TPSA) is 46.5 Å². The van der Waals surface area contributed by atoms with Crippen LogP contribution in [0.4, 0.5) is 0 Å². The van der Waals surface area contributed by atoms with E-state index in [2.05, 4.69) is 36.1 Å². The summed E-state index contributed by atoms with van der Waals surface area (Å²) in [6, 6.07) is 23.7. The van der Waals surface area contributed by atoms with Gasteiger partial charge in [-0.2, -0.15) is 0 Å². The second-order valence-corrected chi connectivity index (χ2v) is 7.59. The van der Waals surface area contributed by atoms with E-state index in [1.54, 1.807) is 12.1 Å². The van der Waals surface area contributed by atoms with Gasteiger partial charge in [-0.05, 0) is 60.2 Å². The third kappa shape index (κ3) is 4.30. The Labute approximate surface area is 177 Å². The first-order chi connectivity index (χ1) is 14.6. The molecule has 30 heavy (non-hydrogen) atoms. The van der Waals surface area contributed by atoms with Crippen LogP contribution in [0.15, 0.2) is 72.8 Å². The quantitative estimate of drug-likeness (QED) is 0.556. The Morgan fingerprint density at radius 3 is 2.33 bits per heavy atom. The van der Waals surface area contributed by atoms with Crippen LogP contribution in [0, 0.1) is 11.8 Å². The molecule has 1 saturated carbocycles. The highest BCUT2D eigenvalue weighted by Gasteiger charge is 2.45. The summed E-state index contributed by atoms with van der Waals surface area (Å²) >= 11 is 0. The molecular formula is C27H24O3. The molecule has 3 aromatic rings. The van der Waals surface area contributed by atoms with Gasteiger partial charge in [0.2, 0.25) is 0 Å². The average Bonchev–Trinajstić information content (AvgIpc) is 3.58. The van der Waals surface area contributed by atoms with Gasteiger partial charge in [-0.1, -0.05) is 67.3 Å². The molecular weight excluding hydrogens is 372 g/mol. The van der Waals surface area contributed by atoms with Crippen LogP contribution in [0.1, 0.15) is 57.9 Å². The third-order valence-corrected chi connectivity index (χ3v) is 5.57. The first-order valence-electron chi connectivity index (χ1n) is 10.3. The van der Waals surface area contributed by atoms with Gasteiger partial charge < -0.3 is 9.84 Å². The van der Waals surface area contributed by atoms with Crippen molar-refractivity contribution in [2.24, 2.45) is 0 Å². The van der Waals surface area contributed by atoms with Crippen LogP contribution in [0.3, 0.4) is 0 Å². The second-order valence-electron chi connectivity index (χ2n) is 7.59. The van der Waals surface area contributed by atoms with E-state index in [9.17, 15) is 9.90 Å². The lowest BCUT2D eigenvalue weighted by Gasteiger charge is -2.17. The van der Waals surface area contributed by atoms with E-state index < -0.39 is 5.97 Å². The number of carboxylic acids is 1. The van der Waals surface area contributed by atoms with E-state index in [1.165, 1.54) is 11.1 Å². The highest BCUT2D eigenvalue weighted by molar-refractivity contribution is 5.90. The summed E-state index contributed by atoms with van der Waals surface area (Å²) in [6.45, 7) is 2.56. The van der Waals surface area contributed by atoms with Crippen molar-refractivity contribution in [2.75, 3.05) is 0 Å². The van der Waals surface area contributed by atoms with Crippen LogP contribution >= 0.6 is 0 Å². The number of rotatable bonds is 6. The number of aromatic carboxylic acids is 1. The van der Waals surface area contributed by atoms with Crippen LogP contribution < -0.4 is 0 Å². The Morgan fingerprint density at radius 1 is 0.967 bits per heavy atom. The molecule has 1 aliphatic rings. The Hall–Kier alpha value is -3.35. The normalized spacial score (nSPS) is 13.9. The number of carboxylic acid groups (broad SMARTS) is 1. The van der Waals surface area contributed by atoms with Crippen LogP contribution in [-0.2, 0) is 23.4 Å². The SMILES string of the molecule is CCc1c(C#Cc2ccc(C3(OCc4ccccc4)CC3)cc2)cccc1C(=O)O. The van der Waals surface area contributed by atoms with Crippen molar-refractivity contribution in [3.05, 3.63) is 106 Å². The lowest BCUT2D eigenvalue weighted by molar-refractivity contribution is 0.0172. The number of benzene rings is 3. The number of ether oxygens (including phenoxy) is 1. The van der Waals surface area contributed by atoms with Gasteiger partial charge in [0.25, 0.3) is 0 Å². The van der Waals surface area contributed by atoms with Crippen LogP contribution in [0.2, 0.25) is 0 Å².